The van der Waals surface area contributed by atoms with Crippen molar-refractivity contribution in [3.63, 3.8) is 0 Å². The van der Waals surface area contributed by atoms with Gasteiger partial charge in [0.2, 0.25) is 23.5 Å². The summed E-state index contributed by atoms with van der Waals surface area (Å²) in [6.45, 7) is 2.69. The molecule has 0 radical (unpaired) electrons. The summed E-state index contributed by atoms with van der Waals surface area (Å²) in [7, 11) is 0. The molecule has 3 heterocycles. The number of furan rings is 1. The highest BCUT2D eigenvalue weighted by atomic mass is 16.5. The molecule has 0 saturated carbocycles. The lowest BCUT2D eigenvalue weighted by Crippen LogP contribution is -2.38. The fourth-order valence-electron chi connectivity index (χ4n) is 3.45. The lowest BCUT2D eigenvalue weighted by atomic mass is 9.98. The van der Waals surface area contributed by atoms with Gasteiger partial charge in [0.05, 0.1) is 12.2 Å². The first-order chi connectivity index (χ1) is 14.6. The normalized spacial score (nSPS) is 16.7. The monoisotopic (exact) mass is 406 g/mol. The molecule has 1 fully saturated rings. The summed E-state index contributed by atoms with van der Waals surface area (Å²) in [4.78, 5) is 30.0. The van der Waals surface area contributed by atoms with Crippen LogP contribution < -0.4 is 5.32 Å². The number of carbonyl (C=O) groups is 2. The van der Waals surface area contributed by atoms with Gasteiger partial charge >= 0.3 is 0 Å². The molecule has 8 nitrogen and oxygen atoms in total. The number of benzene rings is 1. The van der Waals surface area contributed by atoms with Crippen LogP contribution in [-0.4, -0.2) is 39.9 Å². The van der Waals surface area contributed by atoms with Crippen molar-refractivity contribution >= 4 is 23.6 Å². The molecular weight excluding hydrogens is 384 g/mol. The summed E-state index contributed by atoms with van der Waals surface area (Å²) in [5, 5.41) is 6.81. The Morgan fingerprint density at radius 2 is 2.07 bits per heavy atom. The molecule has 0 aliphatic carbocycles. The first-order valence-electron chi connectivity index (χ1n) is 9.80. The van der Waals surface area contributed by atoms with Crippen LogP contribution in [0.25, 0.3) is 17.5 Å². The third-order valence-electron chi connectivity index (χ3n) is 4.92. The Morgan fingerprint density at radius 3 is 2.80 bits per heavy atom. The number of aromatic nitrogens is 2. The molecule has 0 bridgehead atoms. The molecule has 1 saturated heterocycles. The molecule has 154 valence electrons. The number of amides is 2. The van der Waals surface area contributed by atoms with Gasteiger partial charge in [0.15, 0.2) is 0 Å². The number of hydrogen-bond donors (Lipinski definition) is 1. The lowest BCUT2D eigenvalue weighted by molar-refractivity contribution is -0.127. The van der Waals surface area contributed by atoms with Crippen LogP contribution in [0, 0.1) is 0 Å². The zero-order valence-electron chi connectivity index (χ0n) is 16.6. The van der Waals surface area contributed by atoms with E-state index in [-0.39, 0.29) is 17.7 Å². The average molecular weight is 406 g/mol. The number of anilines is 1. The van der Waals surface area contributed by atoms with Gasteiger partial charge < -0.3 is 19.2 Å². The van der Waals surface area contributed by atoms with Gasteiger partial charge in [-0.05, 0) is 55.3 Å². The van der Waals surface area contributed by atoms with Crippen molar-refractivity contribution in [3.8, 4) is 11.4 Å². The maximum absolute atomic E-state index is 12.5. The minimum absolute atomic E-state index is 0.000356. The second-order valence-corrected chi connectivity index (χ2v) is 7.19. The molecule has 1 atom stereocenters. The van der Waals surface area contributed by atoms with Gasteiger partial charge in [-0.3, -0.25) is 9.59 Å². The molecular formula is C22H22N4O4. The molecule has 1 unspecified atom stereocenters. The molecule has 1 aromatic carbocycles. The molecule has 30 heavy (non-hydrogen) atoms. The topological polar surface area (TPSA) is 101 Å². The van der Waals surface area contributed by atoms with Gasteiger partial charge in [0.1, 0.15) is 5.76 Å². The van der Waals surface area contributed by atoms with E-state index in [2.05, 4.69) is 15.5 Å². The number of carbonyl (C=O) groups excluding carboxylic acids is 2. The van der Waals surface area contributed by atoms with Crippen molar-refractivity contribution < 1.29 is 18.5 Å². The van der Waals surface area contributed by atoms with Gasteiger partial charge in [-0.1, -0.05) is 5.16 Å². The predicted octanol–water partition coefficient (Wildman–Crippen LogP) is 3.71. The van der Waals surface area contributed by atoms with E-state index >= 15 is 0 Å². The van der Waals surface area contributed by atoms with Crippen LogP contribution >= 0.6 is 0 Å². The van der Waals surface area contributed by atoms with Crippen LogP contribution in [0.2, 0.25) is 0 Å². The van der Waals surface area contributed by atoms with Gasteiger partial charge in [0, 0.05) is 37.3 Å². The molecule has 8 heteroatoms. The zero-order valence-corrected chi connectivity index (χ0v) is 16.6. The van der Waals surface area contributed by atoms with E-state index in [1.54, 1.807) is 41.5 Å². The lowest BCUT2D eigenvalue weighted by Gasteiger charge is -2.30. The van der Waals surface area contributed by atoms with Gasteiger partial charge in [-0.2, -0.15) is 4.98 Å². The van der Waals surface area contributed by atoms with Crippen LogP contribution in [0.3, 0.4) is 0 Å². The van der Waals surface area contributed by atoms with Gasteiger partial charge in [0.25, 0.3) is 0 Å². The van der Waals surface area contributed by atoms with Crippen LogP contribution in [0.4, 0.5) is 5.69 Å². The third-order valence-corrected chi connectivity index (χ3v) is 4.92. The fourth-order valence-corrected chi connectivity index (χ4v) is 3.45. The van der Waals surface area contributed by atoms with E-state index in [9.17, 15) is 9.59 Å². The molecule has 3 aromatic rings. The van der Waals surface area contributed by atoms with Crippen LogP contribution in [0.5, 0.6) is 0 Å². The van der Waals surface area contributed by atoms with E-state index in [1.807, 2.05) is 12.1 Å². The summed E-state index contributed by atoms with van der Waals surface area (Å²) < 4.78 is 10.7. The Morgan fingerprint density at radius 1 is 1.23 bits per heavy atom. The first-order valence-corrected chi connectivity index (χ1v) is 9.80. The Kier molecular flexibility index (Phi) is 5.74. The van der Waals surface area contributed by atoms with E-state index in [0.29, 0.717) is 36.3 Å². The maximum atomic E-state index is 12.5. The molecule has 2 amide bonds. The first kappa shape index (κ1) is 19.6. The smallest absolute Gasteiger partial charge is 0.246 e. The summed E-state index contributed by atoms with van der Waals surface area (Å²) >= 11 is 0. The predicted molar refractivity (Wildman–Crippen MR) is 110 cm³/mol. The molecule has 4 rings (SSSR count). The van der Waals surface area contributed by atoms with E-state index in [0.717, 1.165) is 18.4 Å². The molecule has 2 aromatic heterocycles. The number of likely N-dealkylation sites (tertiary alicyclic amines) is 1. The number of piperidine rings is 1. The largest absolute Gasteiger partial charge is 0.465 e. The minimum Gasteiger partial charge on any atom is -0.465 e. The van der Waals surface area contributed by atoms with Crippen LogP contribution in [0.1, 0.15) is 37.3 Å². The highest BCUT2D eigenvalue weighted by molar-refractivity contribution is 5.91. The second kappa shape index (κ2) is 8.77. The molecule has 1 aliphatic rings. The van der Waals surface area contributed by atoms with Crippen molar-refractivity contribution in [3.05, 3.63) is 60.4 Å². The highest BCUT2D eigenvalue weighted by Crippen LogP contribution is 2.28. The number of nitrogens with zero attached hydrogens (tertiary/aromatic N) is 3. The van der Waals surface area contributed by atoms with Crippen LogP contribution in [0.15, 0.2) is 57.7 Å². The minimum atomic E-state index is -0.125. The van der Waals surface area contributed by atoms with Gasteiger partial charge in [-0.25, -0.2) is 0 Å². The SMILES string of the molecule is CC(=O)Nc1ccc(-c2noc(C3CCCN(C(=O)/C=C/c4ccco4)C3)n2)cc1. The molecule has 1 aliphatic heterocycles. The van der Waals surface area contributed by atoms with Crippen molar-refractivity contribution in [2.75, 3.05) is 18.4 Å². The fraction of sp³-hybridized carbons (Fsp3) is 0.273. The van der Waals surface area contributed by atoms with Crippen molar-refractivity contribution in [2.24, 2.45) is 0 Å². The number of nitrogens with one attached hydrogen (secondary N) is 1. The third kappa shape index (κ3) is 4.65. The maximum Gasteiger partial charge on any atom is 0.246 e. The quantitative estimate of drug-likeness (QED) is 0.648. The van der Waals surface area contributed by atoms with Crippen molar-refractivity contribution in [1.29, 1.82) is 0 Å². The second-order valence-electron chi connectivity index (χ2n) is 7.19. The number of rotatable bonds is 5. The molecule has 0 spiro atoms. The Hall–Kier alpha value is -3.68. The van der Waals surface area contributed by atoms with Crippen molar-refractivity contribution in [1.82, 2.24) is 15.0 Å². The van der Waals surface area contributed by atoms with Crippen molar-refractivity contribution in [2.45, 2.75) is 25.7 Å². The Balaban J connectivity index is 1.41. The van der Waals surface area contributed by atoms with E-state index in [4.69, 9.17) is 8.94 Å². The van der Waals surface area contributed by atoms with E-state index < -0.39 is 0 Å². The summed E-state index contributed by atoms with van der Waals surface area (Å²) in [6.07, 6.45) is 6.52. The summed E-state index contributed by atoms with van der Waals surface area (Å²) in [5.74, 6) is 1.47. The Labute approximate surface area is 173 Å². The zero-order chi connectivity index (χ0) is 20.9. The average Bonchev–Trinajstić information content (AvgIpc) is 3.44. The standard InChI is InChI=1S/C22H22N4O4/c1-15(27)23-18-8-6-16(7-9-18)21-24-22(30-25-21)17-4-2-12-26(14-17)20(28)11-10-19-5-3-13-29-19/h3,5-11,13,17H,2,4,12,14H2,1H3,(H,23,27)/b11-10+. The molecule has 1 N–H and O–H groups in total. The summed E-state index contributed by atoms with van der Waals surface area (Å²) in [6, 6.07) is 10.8. The van der Waals surface area contributed by atoms with Crippen LogP contribution in [-0.2, 0) is 9.59 Å². The van der Waals surface area contributed by atoms with Gasteiger partial charge in [-0.15, -0.1) is 0 Å². The number of hydrogen-bond acceptors (Lipinski definition) is 6. The Bertz CT molecular complexity index is 1040. The highest BCUT2D eigenvalue weighted by Gasteiger charge is 2.28. The summed E-state index contributed by atoms with van der Waals surface area (Å²) in [5.41, 5.74) is 1.50. The van der Waals surface area contributed by atoms with E-state index in [1.165, 1.54) is 13.0 Å².